The smallest absolute Gasteiger partial charge is 0.307 e. The Kier molecular flexibility index (Phi) is 6.23. The van der Waals surface area contributed by atoms with E-state index in [1.54, 1.807) is 4.57 Å². The van der Waals surface area contributed by atoms with Crippen LogP contribution in [0.5, 0.6) is 0 Å². The topological polar surface area (TPSA) is 54.3 Å². The Bertz CT molecular complexity index is 526. The summed E-state index contributed by atoms with van der Waals surface area (Å²) in [6.45, 7) is 8.88. The quantitative estimate of drug-likeness (QED) is 0.909. The van der Waals surface area contributed by atoms with Crippen LogP contribution in [0.4, 0.5) is 0 Å². The van der Waals surface area contributed by atoms with Crippen LogP contribution in [0.15, 0.2) is 4.79 Å². The summed E-state index contributed by atoms with van der Waals surface area (Å²) >= 11 is 1.26. The fraction of sp³-hybridized carbons (Fsp3) is 0.692. The molecule has 1 N–H and O–H groups in total. The molecule has 0 bridgehead atoms. The Labute approximate surface area is 129 Å². The molecule has 0 saturated carbocycles. The summed E-state index contributed by atoms with van der Waals surface area (Å²) in [7, 11) is 0. The van der Waals surface area contributed by atoms with Crippen LogP contribution in [0.25, 0.3) is 0 Å². The van der Waals surface area contributed by atoms with Crippen LogP contribution in [-0.2, 0) is 11.3 Å². The van der Waals surface area contributed by atoms with Crippen molar-refractivity contribution >= 4 is 29.7 Å². The Hall–Kier alpha value is -0.850. The first kappa shape index (κ1) is 17.2. The highest BCUT2D eigenvalue weighted by molar-refractivity contribution is 7.09. The Morgan fingerprint density at radius 3 is 2.70 bits per heavy atom. The summed E-state index contributed by atoms with van der Waals surface area (Å²) in [5.74, 6) is 0.143. The molecule has 0 aliphatic carbocycles. The van der Waals surface area contributed by atoms with Gasteiger partial charge in [-0.15, -0.1) is 12.4 Å². The SMILES string of the molecule is Cc1sc(=O)n(CCC(=O)N2CCNC[C@@H]2C)c1C.Cl. The van der Waals surface area contributed by atoms with Crippen molar-refractivity contribution in [3.05, 3.63) is 20.2 Å². The van der Waals surface area contributed by atoms with Gasteiger partial charge in [0, 0.05) is 49.2 Å². The van der Waals surface area contributed by atoms with Gasteiger partial charge in [0.05, 0.1) is 0 Å². The Balaban J connectivity index is 0.00000200. The molecule has 114 valence electrons. The lowest BCUT2D eigenvalue weighted by atomic mass is 10.2. The van der Waals surface area contributed by atoms with E-state index in [2.05, 4.69) is 12.2 Å². The fourth-order valence-corrected chi connectivity index (χ4v) is 3.27. The molecule has 0 radical (unpaired) electrons. The molecule has 0 unspecified atom stereocenters. The van der Waals surface area contributed by atoms with Crippen LogP contribution >= 0.6 is 23.7 Å². The Morgan fingerprint density at radius 1 is 1.45 bits per heavy atom. The van der Waals surface area contributed by atoms with Crippen LogP contribution in [0.1, 0.15) is 23.9 Å². The van der Waals surface area contributed by atoms with E-state index in [0.717, 1.165) is 30.2 Å². The Morgan fingerprint density at radius 2 is 2.15 bits per heavy atom. The molecule has 1 fully saturated rings. The molecule has 1 aliphatic rings. The van der Waals surface area contributed by atoms with Crippen LogP contribution in [0.3, 0.4) is 0 Å². The molecule has 1 aromatic heterocycles. The third kappa shape index (κ3) is 3.62. The lowest BCUT2D eigenvalue weighted by Gasteiger charge is -2.34. The first-order valence-corrected chi connectivity index (χ1v) is 7.49. The van der Waals surface area contributed by atoms with E-state index in [4.69, 9.17) is 0 Å². The zero-order valence-electron chi connectivity index (χ0n) is 12.1. The number of halogens is 1. The maximum absolute atomic E-state index is 12.2. The van der Waals surface area contributed by atoms with E-state index in [1.165, 1.54) is 11.3 Å². The highest BCUT2D eigenvalue weighted by Crippen LogP contribution is 2.11. The van der Waals surface area contributed by atoms with E-state index in [1.807, 2.05) is 18.7 Å². The van der Waals surface area contributed by atoms with Crippen LogP contribution in [-0.4, -0.2) is 41.1 Å². The number of rotatable bonds is 3. The first-order valence-electron chi connectivity index (χ1n) is 6.67. The molecule has 20 heavy (non-hydrogen) atoms. The van der Waals surface area contributed by atoms with Crippen molar-refractivity contribution in [1.82, 2.24) is 14.8 Å². The van der Waals surface area contributed by atoms with Gasteiger partial charge in [-0.1, -0.05) is 11.3 Å². The van der Waals surface area contributed by atoms with E-state index in [-0.39, 0.29) is 29.2 Å². The van der Waals surface area contributed by atoms with Crippen molar-refractivity contribution in [3.63, 3.8) is 0 Å². The zero-order chi connectivity index (χ0) is 14.0. The summed E-state index contributed by atoms with van der Waals surface area (Å²) in [5, 5.41) is 3.27. The summed E-state index contributed by atoms with van der Waals surface area (Å²) in [4.78, 5) is 26.9. The third-order valence-corrected chi connectivity index (χ3v) is 4.74. The number of piperazine rings is 1. The molecule has 1 aliphatic heterocycles. The van der Waals surface area contributed by atoms with Gasteiger partial charge in [-0.25, -0.2) is 0 Å². The van der Waals surface area contributed by atoms with Crippen molar-refractivity contribution in [2.24, 2.45) is 0 Å². The number of hydrogen-bond acceptors (Lipinski definition) is 4. The van der Waals surface area contributed by atoms with E-state index in [0.29, 0.717) is 13.0 Å². The summed E-state index contributed by atoms with van der Waals surface area (Å²) < 4.78 is 1.71. The normalized spacial score (nSPS) is 18.8. The molecule has 2 rings (SSSR count). The van der Waals surface area contributed by atoms with Crippen molar-refractivity contribution in [2.45, 2.75) is 39.8 Å². The highest BCUT2D eigenvalue weighted by atomic mass is 35.5. The van der Waals surface area contributed by atoms with Gasteiger partial charge in [0.25, 0.3) is 0 Å². The molecule has 2 heterocycles. The molecule has 1 atom stereocenters. The van der Waals surface area contributed by atoms with Gasteiger partial charge in [0.1, 0.15) is 0 Å². The number of amides is 1. The number of thiazole rings is 1. The monoisotopic (exact) mass is 319 g/mol. The summed E-state index contributed by atoms with van der Waals surface area (Å²) in [6, 6.07) is 0.239. The van der Waals surface area contributed by atoms with Gasteiger partial charge in [-0.05, 0) is 20.8 Å². The summed E-state index contributed by atoms with van der Waals surface area (Å²) in [5.41, 5.74) is 0.983. The molecule has 0 spiro atoms. The van der Waals surface area contributed by atoms with Crippen molar-refractivity contribution < 1.29 is 4.79 Å². The largest absolute Gasteiger partial charge is 0.337 e. The average Bonchev–Trinajstić information content (AvgIpc) is 2.61. The third-order valence-electron chi connectivity index (χ3n) is 3.75. The maximum atomic E-state index is 12.2. The highest BCUT2D eigenvalue weighted by Gasteiger charge is 2.22. The second kappa shape index (κ2) is 7.24. The predicted molar refractivity (Wildman–Crippen MR) is 84.0 cm³/mol. The molecule has 5 nitrogen and oxygen atoms in total. The molecule has 1 saturated heterocycles. The average molecular weight is 320 g/mol. The molecule has 7 heteroatoms. The van der Waals surface area contributed by atoms with Gasteiger partial charge >= 0.3 is 4.87 Å². The number of carbonyl (C=O) groups is 1. The second-order valence-corrected chi connectivity index (χ2v) is 6.22. The number of aromatic nitrogens is 1. The lowest BCUT2D eigenvalue weighted by Crippen LogP contribution is -2.52. The van der Waals surface area contributed by atoms with Crippen LogP contribution < -0.4 is 10.2 Å². The van der Waals surface area contributed by atoms with Crippen LogP contribution in [0.2, 0.25) is 0 Å². The van der Waals surface area contributed by atoms with E-state index in [9.17, 15) is 9.59 Å². The van der Waals surface area contributed by atoms with Crippen molar-refractivity contribution in [3.8, 4) is 0 Å². The summed E-state index contributed by atoms with van der Waals surface area (Å²) in [6.07, 6.45) is 0.404. The second-order valence-electron chi connectivity index (χ2n) is 5.05. The van der Waals surface area contributed by atoms with Crippen LogP contribution in [0, 0.1) is 13.8 Å². The van der Waals surface area contributed by atoms with Crippen molar-refractivity contribution in [2.75, 3.05) is 19.6 Å². The molecule has 1 aromatic rings. The van der Waals surface area contributed by atoms with Gasteiger partial charge in [-0.3, -0.25) is 9.59 Å². The number of nitrogens with one attached hydrogen (secondary N) is 1. The minimum atomic E-state index is 0. The fourth-order valence-electron chi connectivity index (χ4n) is 2.41. The lowest BCUT2D eigenvalue weighted by molar-refractivity contribution is -0.134. The van der Waals surface area contributed by atoms with Gasteiger partial charge in [0.15, 0.2) is 0 Å². The van der Waals surface area contributed by atoms with Gasteiger partial charge in [0.2, 0.25) is 5.91 Å². The molecular formula is C13H22ClN3O2S. The minimum Gasteiger partial charge on any atom is -0.337 e. The van der Waals surface area contributed by atoms with Gasteiger partial charge < -0.3 is 14.8 Å². The number of carbonyl (C=O) groups excluding carboxylic acids is 1. The standard InChI is InChI=1S/C13H21N3O2S.ClH/c1-9-8-14-5-7-15(9)12(17)4-6-16-10(2)11(3)19-13(16)18;/h9,14H,4-8H2,1-3H3;1H/t9-;/m0./s1. The number of nitrogens with zero attached hydrogens (tertiary/aromatic N) is 2. The molecule has 0 aromatic carbocycles. The zero-order valence-corrected chi connectivity index (χ0v) is 13.8. The predicted octanol–water partition coefficient (Wildman–Crippen LogP) is 1.16. The molecule has 1 amide bonds. The van der Waals surface area contributed by atoms with E-state index < -0.39 is 0 Å². The minimum absolute atomic E-state index is 0. The van der Waals surface area contributed by atoms with Crippen molar-refractivity contribution in [1.29, 1.82) is 0 Å². The maximum Gasteiger partial charge on any atom is 0.307 e. The first-order chi connectivity index (χ1) is 9.00. The van der Waals surface area contributed by atoms with E-state index >= 15 is 0 Å². The van der Waals surface area contributed by atoms with Gasteiger partial charge in [-0.2, -0.15) is 0 Å². The number of aryl methyl sites for hydroxylation is 1. The molecular weight excluding hydrogens is 298 g/mol. The number of hydrogen-bond donors (Lipinski definition) is 1.